The molecule has 0 spiro atoms. The number of benzene rings is 1. The fourth-order valence-electron chi connectivity index (χ4n) is 2.31. The van der Waals surface area contributed by atoms with E-state index in [9.17, 15) is 0 Å². The van der Waals surface area contributed by atoms with Crippen molar-refractivity contribution in [2.45, 2.75) is 25.8 Å². The van der Waals surface area contributed by atoms with Crippen LogP contribution in [0, 0.1) is 0 Å². The molecule has 2 rings (SSSR count). The highest BCUT2D eigenvalue weighted by Crippen LogP contribution is 2.37. The molecule has 21 heavy (non-hydrogen) atoms. The van der Waals surface area contributed by atoms with E-state index in [1.165, 1.54) is 14.9 Å². The van der Waals surface area contributed by atoms with Crippen LogP contribution in [0.3, 0.4) is 0 Å². The van der Waals surface area contributed by atoms with E-state index >= 15 is 0 Å². The SMILES string of the molecule is CCNC(CCc1ccc(OC)cc1)c1cc(Br)sc1Br. The summed E-state index contributed by atoms with van der Waals surface area (Å²) in [6.45, 7) is 3.11. The predicted octanol–water partition coefficient (Wildman–Crippen LogP) is 5.57. The van der Waals surface area contributed by atoms with Gasteiger partial charge in [-0.05, 0) is 80.6 Å². The van der Waals surface area contributed by atoms with E-state index in [0.29, 0.717) is 6.04 Å². The standard InChI is InChI=1S/C16H19Br2NOS/c1-3-19-14(13-10-15(17)21-16(13)18)9-6-11-4-7-12(20-2)8-5-11/h4-5,7-8,10,14,19H,3,6,9H2,1-2H3. The summed E-state index contributed by atoms with van der Waals surface area (Å²) in [4.78, 5) is 0. The molecule has 0 bridgehead atoms. The van der Waals surface area contributed by atoms with Gasteiger partial charge in [0, 0.05) is 6.04 Å². The Morgan fingerprint density at radius 2 is 1.95 bits per heavy atom. The van der Waals surface area contributed by atoms with E-state index in [-0.39, 0.29) is 0 Å². The lowest BCUT2D eigenvalue weighted by Crippen LogP contribution is -2.21. The maximum Gasteiger partial charge on any atom is 0.118 e. The molecule has 1 N–H and O–H groups in total. The normalized spacial score (nSPS) is 12.4. The van der Waals surface area contributed by atoms with Crippen LogP contribution in [0.5, 0.6) is 5.75 Å². The van der Waals surface area contributed by atoms with Gasteiger partial charge in [-0.25, -0.2) is 0 Å². The Morgan fingerprint density at radius 1 is 1.24 bits per heavy atom. The molecule has 114 valence electrons. The van der Waals surface area contributed by atoms with Gasteiger partial charge < -0.3 is 10.1 Å². The van der Waals surface area contributed by atoms with Gasteiger partial charge in [0.05, 0.1) is 14.7 Å². The van der Waals surface area contributed by atoms with Crippen molar-refractivity contribution in [3.63, 3.8) is 0 Å². The molecule has 1 atom stereocenters. The second-order valence-electron chi connectivity index (χ2n) is 4.78. The average Bonchev–Trinajstić information content (AvgIpc) is 2.82. The van der Waals surface area contributed by atoms with Gasteiger partial charge >= 0.3 is 0 Å². The molecule has 0 saturated carbocycles. The highest BCUT2D eigenvalue weighted by molar-refractivity contribution is 9.12. The molecule has 0 amide bonds. The Kier molecular flexibility index (Phi) is 6.74. The van der Waals surface area contributed by atoms with Gasteiger partial charge in [0.1, 0.15) is 5.75 Å². The minimum Gasteiger partial charge on any atom is -0.497 e. The lowest BCUT2D eigenvalue weighted by Gasteiger charge is -2.17. The van der Waals surface area contributed by atoms with Crippen LogP contribution in [0.4, 0.5) is 0 Å². The molecule has 2 aromatic rings. The fourth-order valence-corrected chi connectivity index (χ4v) is 5.28. The number of hydrogen-bond donors (Lipinski definition) is 1. The second kappa shape index (κ2) is 8.32. The van der Waals surface area contributed by atoms with Gasteiger partial charge in [0.2, 0.25) is 0 Å². The Hall–Kier alpha value is -0.360. The third-order valence-electron chi connectivity index (χ3n) is 3.39. The van der Waals surface area contributed by atoms with Crippen molar-refractivity contribution in [2.75, 3.05) is 13.7 Å². The second-order valence-corrected chi connectivity index (χ2v) is 8.53. The van der Waals surface area contributed by atoms with Crippen LogP contribution in [0.15, 0.2) is 37.9 Å². The van der Waals surface area contributed by atoms with E-state index in [1.54, 1.807) is 18.4 Å². The zero-order valence-electron chi connectivity index (χ0n) is 12.2. The summed E-state index contributed by atoms with van der Waals surface area (Å²) in [5.41, 5.74) is 2.67. The zero-order valence-corrected chi connectivity index (χ0v) is 16.1. The molecule has 5 heteroatoms. The summed E-state index contributed by atoms with van der Waals surface area (Å²) in [5, 5.41) is 3.58. The number of thiophene rings is 1. The monoisotopic (exact) mass is 431 g/mol. The zero-order chi connectivity index (χ0) is 15.2. The molecule has 1 aromatic carbocycles. The minimum atomic E-state index is 0.369. The number of methoxy groups -OCH3 is 1. The molecule has 0 aliphatic carbocycles. The van der Waals surface area contributed by atoms with Gasteiger partial charge in [-0.2, -0.15) is 0 Å². The first-order valence-corrected chi connectivity index (χ1v) is 9.35. The maximum absolute atomic E-state index is 5.20. The van der Waals surface area contributed by atoms with Crippen molar-refractivity contribution in [1.82, 2.24) is 5.32 Å². The van der Waals surface area contributed by atoms with Crippen molar-refractivity contribution >= 4 is 43.2 Å². The van der Waals surface area contributed by atoms with Gasteiger partial charge in [0.15, 0.2) is 0 Å². The molecule has 0 radical (unpaired) electrons. The Labute approximate surface area is 147 Å². The number of hydrogen-bond acceptors (Lipinski definition) is 3. The summed E-state index contributed by atoms with van der Waals surface area (Å²) in [6.07, 6.45) is 2.11. The summed E-state index contributed by atoms with van der Waals surface area (Å²) >= 11 is 8.95. The number of nitrogens with one attached hydrogen (secondary N) is 1. The summed E-state index contributed by atoms with van der Waals surface area (Å²) in [7, 11) is 1.70. The van der Waals surface area contributed by atoms with E-state index in [1.807, 2.05) is 12.1 Å². The van der Waals surface area contributed by atoms with Crippen LogP contribution in [0.2, 0.25) is 0 Å². The van der Waals surface area contributed by atoms with Gasteiger partial charge in [-0.15, -0.1) is 11.3 Å². The summed E-state index contributed by atoms with van der Waals surface area (Å²) in [5.74, 6) is 0.909. The Bertz CT molecular complexity index is 568. The van der Waals surface area contributed by atoms with Crippen LogP contribution < -0.4 is 10.1 Å². The summed E-state index contributed by atoms with van der Waals surface area (Å²) in [6, 6.07) is 10.9. The molecular weight excluding hydrogens is 414 g/mol. The largest absolute Gasteiger partial charge is 0.497 e. The fraction of sp³-hybridized carbons (Fsp3) is 0.375. The van der Waals surface area contributed by atoms with E-state index in [2.05, 4.69) is 62.3 Å². The lowest BCUT2D eigenvalue weighted by atomic mass is 10.0. The maximum atomic E-state index is 5.20. The van der Waals surface area contributed by atoms with Crippen molar-refractivity contribution in [3.8, 4) is 5.75 Å². The highest BCUT2D eigenvalue weighted by Gasteiger charge is 2.16. The van der Waals surface area contributed by atoms with Crippen LogP contribution in [0.25, 0.3) is 0 Å². The molecule has 1 aromatic heterocycles. The quantitative estimate of drug-likeness (QED) is 0.617. The number of rotatable bonds is 7. The van der Waals surface area contributed by atoms with E-state index in [0.717, 1.165) is 28.9 Å². The lowest BCUT2D eigenvalue weighted by molar-refractivity contribution is 0.414. The van der Waals surface area contributed by atoms with Crippen molar-refractivity contribution in [1.29, 1.82) is 0 Å². The molecule has 2 nitrogen and oxygen atoms in total. The van der Waals surface area contributed by atoms with Crippen LogP contribution >= 0.6 is 43.2 Å². The minimum absolute atomic E-state index is 0.369. The molecular formula is C16H19Br2NOS. The first kappa shape index (κ1) is 17.0. The van der Waals surface area contributed by atoms with E-state index < -0.39 is 0 Å². The molecule has 0 aliphatic rings. The van der Waals surface area contributed by atoms with Crippen molar-refractivity contribution in [2.24, 2.45) is 0 Å². The number of aryl methyl sites for hydroxylation is 1. The summed E-state index contributed by atoms with van der Waals surface area (Å²) < 4.78 is 7.57. The van der Waals surface area contributed by atoms with Gasteiger partial charge in [-0.1, -0.05) is 19.1 Å². The highest BCUT2D eigenvalue weighted by atomic mass is 79.9. The Balaban J connectivity index is 2.04. The van der Waals surface area contributed by atoms with E-state index in [4.69, 9.17) is 4.74 Å². The molecule has 0 fully saturated rings. The van der Waals surface area contributed by atoms with Gasteiger partial charge in [-0.3, -0.25) is 0 Å². The van der Waals surface area contributed by atoms with Crippen LogP contribution in [-0.2, 0) is 6.42 Å². The van der Waals surface area contributed by atoms with Crippen molar-refractivity contribution in [3.05, 3.63) is 49.0 Å². The molecule has 1 heterocycles. The van der Waals surface area contributed by atoms with Crippen molar-refractivity contribution < 1.29 is 4.74 Å². The predicted molar refractivity (Wildman–Crippen MR) is 97.5 cm³/mol. The molecule has 0 saturated heterocycles. The third kappa shape index (κ3) is 4.81. The number of ether oxygens (including phenoxy) is 1. The molecule has 1 unspecified atom stereocenters. The number of halogens is 2. The Morgan fingerprint density at radius 3 is 2.48 bits per heavy atom. The van der Waals surface area contributed by atoms with Gasteiger partial charge in [0.25, 0.3) is 0 Å². The average molecular weight is 433 g/mol. The topological polar surface area (TPSA) is 21.3 Å². The molecule has 0 aliphatic heterocycles. The van der Waals surface area contributed by atoms with Crippen LogP contribution in [0.1, 0.15) is 30.5 Å². The first-order chi connectivity index (χ1) is 10.1. The van der Waals surface area contributed by atoms with Crippen LogP contribution in [-0.4, -0.2) is 13.7 Å². The first-order valence-electron chi connectivity index (χ1n) is 6.95. The third-order valence-corrected chi connectivity index (χ3v) is 5.78. The smallest absolute Gasteiger partial charge is 0.118 e.